The Morgan fingerprint density at radius 1 is 1.00 bits per heavy atom. The number of nitrogens with zero attached hydrogens (tertiary/aromatic N) is 1. The summed E-state index contributed by atoms with van der Waals surface area (Å²) in [7, 11) is 3.10. The number of hydrogen-bond donors (Lipinski definition) is 2. The van der Waals surface area contributed by atoms with Gasteiger partial charge in [0.05, 0.1) is 20.6 Å². The number of anilines is 1. The molecule has 2 N–H and O–H groups in total. The van der Waals surface area contributed by atoms with Crippen LogP contribution in [0, 0.1) is 5.41 Å². The van der Waals surface area contributed by atoms with Gasteiger partial charge in [0.2, 0.25) is 11.7 Å². The minimum Gasteiger partial charge on any atom is -0.493 e. The van der Waals surface area contributed by atoms with Crippen molar-refractivity contribution >= 4 is 35.2 Å². The number of carboxylic acids is 1. The molecule has 3 rings (SSSR count). The lowest BCUT2D eigenvalue weighted by atomic mass is 9.84. The molecule has 0 radical (unpaired) electrons. The largest absolute Gasteiger partial charge is 0.493 e. The molecule has 2 amide bonds. The molecule has 0 saturated carbocycles. The molecule has 2 aromatic rings. The fourth-order valence-corrected chi connectivity index (χ4v) is 5.11. The highest BCUT2D eigenvalue weighted by atomic mass is 16.5. The molecule has 0 aromatic heterocycles. The second-order valence-electron chi connectivity index (χ2n) is 11.8. The number of methoxy groups -OCH3 is 2. The van der Waals surface area contributed by atoms with E-state index < -0.39 is 47.1 Å². The lowest BCUT2D eigenvalue weighted by Crippen LogP contribution is -2.53. The van der Waals surface area contributed by atoms with Crippen LogP contribution in [0.2, 0.25) is 0 Å². The number of Topliss-reactive ketones (excluding diaryl/α,β-unsaturated/α-hetero) is 1. The first-order valence-corrected chi connectivity index (χ1v) is 15.3. The summed E-state index contributed by atoms with van der Waals surface area (Å²) in [5, 5.41) is 11.6. The molecule has 1 aliphatic heterocycles. The average Bonchev–Trinajstić information content (AvgIpc) is 3.04. The van der Waals surface area contributed by atoms with Gasteiger partial charge in [-0.15, -0.1) is 0 Å². The zero-order valence-electron chi connectivity index (χ0n) is 26.7. The van der Waals surface area contributed by atoms with Crippen molar-refractivity contribution in [3.05, 3.63) is 53.6 Å². The van der Waals surface area contributed by atoms with Crippen molar-refractivity contribution in [2.75, 3.05) is 26.1 Å². The maximum Gasteiger partial charge on any atom is 0.329 e. The van der Waals surface area contributed by atoms with E-state index in [1.165, 1.54) is 4.90 Å². The Balaban J connectivity index is 1.88. The molecule has 2 atom stereocenters. The summed E-state index contributed by atoms with van der Waals surface area (Å²) >= 11 is 0. The quantitative estimate of drug-likeness (QED) is 0.204. The summed E-state index contributed by atoms with van der Waals surface area (Å²) in [4.78, 5) is 64.7. The van der Waals surface area contributed by atoms with Crippen LogP contribution in [0.3, 0.4) is 0 Å². The molecule has 11 heteroatoms. The van der Waals surface area contributed by atoms with E-state index in [4.69, 9.17) is 19.3 Å². The molecule has 2 aromatic carbocycles. The van der Waals surface area contributed by atoms with Crippen LogP contribution in [0.4, 0.5) is 5.69 Å². The average molecular weight is 625 g/mol. The van der Waals surface area contributed by atoms with Gasteiger partial charge in [-0.1, -0.05) is 39.0 Å². The lowest BCUT2D eigenvalue weighted by Gasteiger charge is -2.36. The van der Waals surface area contributed by atoms with Crippen LogP contribution in [-0.4, -0.2) is 66.3 Å². The third-order valence-corrected chi connectivity index (χ3v) is 8.24. The van der Waals surface area contributed by atoms with Gasteiger partial charge in [0.1, 0.15) is 12.1 Å². The Labute approximate surface area is 264 Å². The number of amides is 2. The molecule has 1 fully saturated rings. The number of carboxylic acid groups (broad SMARTS) is 1. The smallest absolute Gasteiger partial charge is 0.329 e. The van der Waals surface area contributed by atoms with Crippen molar-refractivity contribution in [1.29, 1.82) is 0 Å². The van der Waals surface area contributed by atoms with Crippen molar-refractivity contribution in [2.24, 2.45) is 5.41 Å². The number of piperidine rings is 1. The van der Waals surface area contributed by atoms with Gasteiger partial charge in [-0.2, -0.15) is 0 Å². The van der Waals surface area contributed by atoms with Crippen LogP contribution in [0.5, 0.6) is 11.5 Å². The second kappa shape index (κ2) is 16.1. The predicted octanol–water partition coefficient (Wildman–Crippen LogP) is 5.11. The Bertz CT molecular complexity index is 1390. The number of likely N-dealkylation sites (tertiary alicyclic amines) is 1. The number of benzene rings is 2. The molecule has 1 aliphatic rings. The van der Waals surface area contributed by atoms with E-state index in [9.17, 15) is 24.0 Å². The Morgan fingerprint density at radius 3 is 2.40 bits per heavy atom. The first kappa shape index (κ1) is 35.1. The first-order valence-electron chi connectivity index (χ1n) is 15.3. The summed E-state index contributed by atoms with van der Waals surface area (Å²) in [6.45, 7) is 5.58. The highest BCUT2D eigenvalue weighted by Gasteiger charge is 2.41. The highest BCUT2D eigenvalue weighted by molar-refractivity contribution is 6.38. The van der Waals surface area contributed by atoms with Gasteiger partial charge in [0.25, 0.3) is 5.91 Å². The van der Waals surface area contributed by atoms with Crippen LogP contribution in [0.1, 0.15) is 82.9 Å². The zero-order chi connectivity index (χ0) is 33.1. The van der Waals surface area contributed by atoms with Crippen LogP contribution in [0.15, 0.2) is 42.5 Å². The maximum atomic E-state index is 13.8. The molecule has 45 heavy (non-hydrogen) atoms. The van der Waals surface area contributed by atoms with Crippen LogP contribution in [0.25, 0.3) is 0 Å². The second-order valence-corrected chi connectivity index (χ2v) is 11.8. The van der Waals surface area contributed by atoms with E-state index in [2.05, 4.69) is 5.32 Å². The Morgan fingerprint density at radius 2 is 1.73 bits per heavy atom. The van der Waals surface area contributed by atoms with E-state index in [0.29, 0.717) is 61.3 Å². The van der Waals surface area contributed by atoms with E-state index in [1.807, 2.05) is 19.1 Å². The Kier molecular flexibility index (Phi) is 12.5. The number of aliphatic carboxylic acids is 1. The molecule has 0 bridgehead atoms. The fourth-order valence-electron chi connectivity index (χ4n) is 5.11. The number of ketones is 1. The summed E-state index contributed by atoms with van der Waals surface area (Å²) in [6.07, 6.45) is 1.87. The molecule has 0 spiro atoms. The number of rotatable bonds is 15. The Hall–Kier alpha value is -4.41. The number of carbonyl (C=O) groups is 5. The first-order chi connectivity index (χ1) is 21.4. The van der Waals surface area contributed by atoms with Gasteiger partial charge in [-0.05, 0) is 73.9 Å². The summed E-state index contributed by atoms with van der Waals surface area (Å²) in [5.74, 6) is -2.18. The maximum absolute atomic E-state index is 13.8. The third kappa shape index (κ3) is 9.54. The zero-order valence-corrected chi connectivity index (χ0v) is 26.7. The molecule has 1 saturated heterocycles. The monoisotopic (exact) mass is 624 g/mol. The normalized spacial score (nSPS) is 15.5. The van der Waals surface area contributed by atoms with Gasteiger partial charge < -0.3 is 29.5 Å². The number of esters is 1. The minimum atomic E-state index is -1.07. The minimum absolute atomic E-state index is 0.184. The third-order valence-electron chi connectivity index (χ3n) is 8.24. The van der Waals surface area contributed by atoms with E-state index in [-0.39, 0.29) is 19.4 Å². The predicted molar refractivity (Wildman–Crippen MR) is 167 cm³/mol. The van der Waals surface area contributed by atoms with Crippen molar-refractivity contribution in [2.45, 2.75) is 84.3 Å². The summed E-state index contributed by atoms with van der Waals surface area (Å²) in [6, 6.07) is 11.5. The molecular formula is C34H44N2O9. The van der Waals surface area contributed by atoms with E-state index in [1.54, 1.807) is 58.4 Å². The molecule has 0 aliphatic carbocycles. The summed E-state index contributed by atoms with van der Waals surface area (Å²) < 4.78 is 16.9. The van der Waals surface area contributed by atoms with E-state index in [0.717, 1.165) is 5.56 Å². The number of ether oxygens (including phenoxy) is 3. The molecule has 11 nitrogen and oxygen atoms in total. The number of aryl methyl sites for hydroxylation is 1. The van der Waals surface area contributed by atoms with Crippen LogP contribution < -0.4 is 14.8 Å². The van der Waals surface area contributed by atoms with Crippen LogP contribution >= 0.6 is 0 Å². The van der Waals surface area contributed by atoms with Crippen molar-refractivity contribution in [1.82, 2.24) is 4.90 Å². The molecule has 1 heterocycles. The topological polar surface area (TPSA) is 149 Å². The van der Waals surface area contributed by atoms with Gasteiger partial charge in [0.15, 0.2) is 11.5 Å². The lowest BCUT2D eigenvalue weighted by molar-refractivity contribution is -0.164. The van der Waals surface area contributed by atoms with Gasteiger partial charge in [-0.3, -0.25) is 19.2 Å². The molecule has 0 unspecified atom stereocenters. The van der Waals surface area contributed by atoms with Crippen molar-refractivity contribution in [3.8, 4) is 11.5 Å². The van der Waals surface area contributed by atoms with Gasteiger partial charge >= 0.3 is 11.9 Å². The van der Waals surface area contributed by atoms with Gasteiger partial charge in [-0.25, -0.2) is 4.79 Å². The van der Waals surface area contributed by atoms with E-state index >= 15 is 0 Å². The van der Waals surface area contributed by atoms with Crippen LogP contribution in [-0.2, 0) is 35.1 Å². The highest BCUT2D eigenvalue weighted by Crippen LogP contribution is 2.32. The summed E-state index contributed by atoms with van der Waals surface area (Å²) in [5.41, 5.74) is 1.10. The molecule has 244 valence electrons. The number of hydrogen-bond acceptors (Lipinski definition) is 8. The van der Waals surface area contributed by atoms with Crippen molar-refractivity contribution in [3.63, 3.8) is 0 Å². The van der Waals surface area contributed by atoms with Gasteiger partial charge in [0, 0.05) is 24.1 Å². The number of nitrogens with one attached hydrogen (secondary N) is 1. The molecular weight excluding hydrogens is 580 g/mol. The number of carbonyl (C=O) groups excluding carboxylic acids is 4. The fraction of sp³-hybridized carbons (Fsp3) is 0.500. The standard InChI is InChI=1S/C34H44N2O9/c1-6-34(2,3)31(40)32(41)36-19-8-7-12-25(36)33(42)45-26(15-13-22-14-16-27(43-4)28(20-22)44-5)23-10-9-11-24(21-23)35-29(37)17-18-30(38)39/h9-11,14,16,20-21,25-26H,6-8,12-13,15,17-19H2,1-5H3,(H,35,37)(H,38,39)/t25-,26+/m0/s1. The van der Waals surface area contributed by atoms with Crippen molar-refractivity contribution < 1.29 is 43.3 Å². The SMILES string of the molecule is CCC(C)(C)C(=O)C(=O)N1CCCC[C@H]1C(=O)O[C@H](CCc1ccc(OC)c(OC)c1)c1cccc(NC(=O)CCC(=O)O)c1.